The van der Waals surface area contributed by atoms with E-state index in [2.05, 4.69) is 22.5 Å². The van der Waals surface area contributed by atoms with Crippen molar-refractivity contribution in [1.82, 2.24) is 15.5 Å². The molecule has 0 aliphatic carbocycles. The second kappa shape index (κ2) is 8.41. The Balaban J connectivity index is 2.06. The number of carbonyl (C=O) groups excluding carboxylic acids is 1. The lowest BCUT2D eigenvalue weighted by Gasteiger charge is -2.20. The zero-order chi connectivity index (χ0) is 15.8. The summed E-state index contributed by atoms with van der Waals surface area (Å²) < 4.78 is 0. The number of nitrogens with zero attached hydrogens (tertiary/aromatic N) is 2. The molecule has 0 unspecified atom stereocenters. The van der Waals surface area contributed by atoms with Crippen LogP contribution in [0.4, 0.5) is 0 Å². The van der Waals surface area contributed by atoms with Gasteiger partial charge in [0.05, 0.1) is 6.54 Å². The minimum atomic E-state index is -0.0280. The van der Waals surface area contributed by atoms with Gasteiger partial charge in [-0.3, -0.25) is 4.79 Å². The quantitative estimate of drug-likeness (QED) is 0.646. The normalized spacial score (nSPS) is 15.0. The van der Waals surface area contributed by atoms with E-state index in [4.69, 9.17) is 4.99 Å². The summed E-state index contributed by atoms with van der Waals surface area (Å²) in [5.41, 5.74) is 1.75. The number of hydrogen-bond donors (Lipinski definition) is 2. The van der Waals surface area contributed by atoms with Gasteiger partial charge in [-0.2, -0.15) is 0 Å². The Morgan fingerprint density at radius 1 is 1.18 bits per heavy atom. The Hall–Kier alpha value is -2.04. The van der Waals surface area contributed by atoms with E-state index in [1.165, 1.54) is 12.8 Å². The standard InChI is InChI=1S/C17H26N4O/c1-3-18-16(22)15-9-7-8-14(12-15)13-20-17(19-4-2)21-10-5-6-11-21/h7-9,12H,3-6,10-11,13H2,1-2H3,(H,18,22)(H,19,20). The maximum atomic E-state index is 11.9. The minimum Gasteiger partial charge on any atom is -0.357 e. The van der Waals surface area contributed by atoms with Crippen LogP contribution in [-0.4, -0.2) is 42.9 Å². The third kappa shape index (κ3) is 4.48. The number of likely N-dealkylation sites (tertiary alicyclic amines) is 1. The number of benzene rings is 1. The second-order valence-electron chi connectivity index (χ2n) is 5.42. The van der Waals surface area contributed by atoms with Crippen molar-refractivity contribution in [1.29, 1.82) is 0 Å². The van der Waals surface area contributed by atoms with Crippen molar-refractivity contribution in [2.45, 2.75) is 33.2 Å². The van der Waals surface area contributed by atoms with Gasteiger partial charge in [0.2, 0.25) is 0 Å². The van der Waals surface area contributed by atoms with Gasteiger partial charge in [-0.15, -0.1) is 0 Å². The van der Waals surface area contributed by atoms with E-state index in [9.17, 15) is 4.79 Å². The van der Waals surface area contributed by atoms with Gasteiger partial charge in [-0.05, 0) is 44.4 Å². The van der Waals surface area contributed by atoms with Crippen molar-refractivity contribution in [3.05, 3.63) is 35.4 Å². The van der Waals surface area contributed by atoms with Crippen LogP contribution in [0.1, 0.15) is 42.6 Å². The summed E-state index contributed by atoms with van der Waals surface area (Å²) in [5.74, 6) is 0.947. The summed E-state index contributed by atoms with van der Waals surface area (Å²) >= 11 is 0. The number of aliphatic imine (C=N–C) groups is 1. The first-order valence-corrected chi connectivity index (χ1v) is 8.15. The van der Waals surface area contributed by atoms with Gasteiger partial charge in [0, 0.05) is 31.7 Å². The van der Waals surface area contributed by atoms with Gasteiger partial charge in [0.15, 0.2) is 5.96 Å². The van der Waals surface area contributed by atoms with Crippen LogP contribution in [0, 0.1) is 0 Å². The molecule has 0 saturated carbocycles. The van der Waals surface area contributed by atoms with Crippen LogP contribution in [0.2, 0.25) is 0 Å². The fourth-order valence-corrected chi connectivity index (χ4v) is 2.59. The molecule has 0 aromatic heterocycles. The van der Waals surface area contributed by atoms with Crippen LogP contribution in [0.25, 0.3) is 0 Å². The molecule has 1 aromatic carbocycles. The van der Waals surface area contributed by atoms with Crippen molar-refractivity contribution >= 4 is 11.9 Å². The van der Waals surface area contributed by atoms with E-state index in [0.29, 0.717) is 18.7 Å². The highest BCUT2D eigenvalue weighted by Gasteiger charge is 2.15. The van der Waals surface area contributed by atoms with E-state index in [1.807, 2.05) is 31.2 Å². The number of nitrogens with one attached hydrogen (secondary N) is 2. The molecule has 5 heteroatoms. The van der Waals surface area contributed by atoms with Crippen LogP contribution in [0.5, 0.6) is 0 Å². The van der Waals surface area contributed by atoms with E-state index in [-0.39, 0.29) is 5.91 Å². The fraction of sp³-hybridized carbons (Fsp3) is 0.529. The first-order valence-electron chi connectivity index (χ1n) is 8.15. The molecule has 0 bridgehead atoms. The molecular formula is C17H26N4O. The van der Waals surface area contributed by atoms with Crippen molar-refractivity contribution in [2.24, 2.45) is 4.99 Å². The molecule has 0 spiro atoms. The molecule has 1 aliphatic rings. The number of carbonyl (C=O) groups is 1. The third-order valence-electron chi connectivity index (χ3n) is 3.68. The van der Waals surface area contributed by atoms with E-state index < -0.39 is 0 Å². The molecule has 1 fully saturated rings. The van der Waals surface area contributed by atoms with Gasteiger partial charge in [-0.1, -0.05) is 12.1 Å². The van der Waals surface area contributed by atoms with Crippen molar-refractivity contribution < 1.29 is 4.79 Å². The molecule has 2 rings (SSSR count). The largest absolute Gasteiger partial charge is 0.357 e. The Bertz CT molecular complexity index is 521. The van der Waals surface area contributed by atoms with E-state index in [1.54, 1.807) is 0 Å². The Morgan fingerprint density at radius 2 is 1.91 bits per heavy atom. The predicted molar refractivity (Wildman–Crippen MR) is 90.1 cm³/mol. The number of rotatable bonds is 5. The minimum absolute atomic E-state index is 0.0280. The molecule has 0 atom stereocenters. The Labute approximate surface area is 132 Å². The molecule has 5 nitrogen and oxygen atoms in total. The van der Waals surface area contributed by atoms with Crippen LogP contribution in [0.3, 0.4) is 0 Å². The van der Waals surface area contributed by atoms with Gasteiger partial charge in [-0.25, -0.2) is 4.99 Å². The summed E-state index contributed by atoms with van der Waals surface area (Å²) in [6, 6.07) is 7.68. The van der Waals surface area contributed by atoms with Crippen LogP contribution < -0.4 is 10.6 Å². The van der Waals surface area contributed by atoms with Crippen LogP contribution in [-0.2, 0) is 6.54 Å². The van der Waals surface area contributed by atoms with Gasteiger partial charge in [0.25, 0.3) is 5.91 Å². The van der Waals surface area contributed by atoms with Crippen LogP contribution >= 0.6 is 0 Å². The van der Waals surface area contributed by atoms with Gasteiger partial charge >= 0.3 is 0 Å². The summed E-state index contributed by atoms with van der Waals surface area (Å²) in [6.07, 6.45) is 2.47. The van der Waals surface area contributed by atoms with Crippen LogP contribution in [0.15, 0.2) is 29.3 Å². The first-order chi connectivity index (χ1) is 10.7. The lowest BCUT2D eigenvalue weighted by Crippen LogP contribution is -2.39. The smallest absolute Gasteiger partial charge is 0.251 e. The molecule has 1 saturated heterocycles. The average Bonchev–Trinajstić information content (AvgIpc) is 3.06. The summed E-state index contributed by atoms with van der Waals surface area (Å²) in [6.45, 7) is 8.25. The fourth-order valence-electron chi connectivity index (χ4n) is 2.59. The lowest BCUT2D eigenvalue weighted by molar-refractivity contribution is 0.0955. The highest BCUT2D eigenvalue weighted by molar-refractivity contribution is 5.94. The molecule has 1 amide bonds. The maximum Gasteiger partial charge on any atom is 0.251 e. The van der Waals surface area contributed by atoms with Crippen molar-refractivity contribution in [3.8, 4) is 0 Å². The monoisotopic (exact) mass is 302 g/mol. The molecule has 0 radical (unpaired) electrons. The predicted octanol–water partition coefficient (Wildman–Crippen LogP) is 2.00. The molecule has 1 heterocycles. The van der Waals surface area contributed by atoms with Gasteiger partial charge in [0.1, 0.15) is 0 Å². The van der Waals surface area contributed by atoms with E-state index >= 15 is 0 Å². The summed E-state index contributed by atoms with van der Waals surface area (Å²) in [7, 11) is 0. The number of guanidine groups is 1. The molecular weight excluding hydrogens is 276 g/mol. The maximum absolute atomic E-state index is 11.9. The highest BCUT2D eigenvalue weighted by Crippen LogP contribution is 2.10. The molecule has 2 N–H and O–H groups in total. The summed E-state index contributed by atoms with van der Waals surface area (Å²) in [5, 5.41) is 6.17. The zero-order valence-electron chi connectivity index (χ0n) is 13.6. The first kappa shape index (κ1) is 16.3. The van der Waals surface area contributed by atoms with Gasteiger partial charge < -0.3 is 15.5 Å². The topological polar surface area (TPSA) is 56.7 Å². The highest BCUT2D eigenvalue weighted by atomic mass is 16.1. The van der Waals surface area contributed by atoms with Crippen molar-refractivity contribution in [3.63, 3.8) is 0 Å². The number of hydrogen-bond acceptors (Lipinski definition) is 2. The average molecular weight is 302 g/mol. The van der Waals surface area contributed by atoms with E-state index in [0.717, 1.165) is 31.2 Å². The van der Waals surface area contributed by atoms with Crippen molar-refractivity contribution in [2.75, 3.05) is 26.2 Å². The Kier molecular flexibility index (Phi) is 6.25. The molecule has 1 aromatic rings. The third-order valence-corrected chi connectivity index (χ3v) is 3.68. The number of amides is 1. The zero-order valence-corrected chi connectivity index (χ0v) is 13.6. The summed E-state index contributed by atoms with van der Waals surface area (Å²) in [4.78, 5) is 18.9. The molecule has 120 valence electrons. The Morgan fingerprint density at radius 3 is 2.59 bits per heavy atom. The SMILES string of the molecule is CCNC(=O)c1cccc(CN=C(NCC)N2CCCC2)c1. The lowest BCUT2D eigenvalue weighted by atomic mass is 10.1. The molecule has 22 heavy (non-hydrogen) atoms. The second-order valence-corrected chi connectivity index (χ2v) is 5.42. The molecule has 1 aliphatic heterocycles.